The summed E-state index contributed by atoms with van der Waals surface area (Å²) >= 11 is 0. The molecule has 0 aromatic heterocycles. The van der Waals surface area contributed by atoms with Gasteiger partial charge in [0.2, 0.25) is 0 Å². The van der Waals surface area contributed by atoms with Crippen LogP contribution in [0.2, 0.25) is 0 Å². The van der Waals surface area contributed by atoms with Crippen LogP contribution in [0.3, 0.4) is 0 Å². The second-order valence-electron chi connectivity index (χ2n) is 5.06. The van der Waals surface area contributed by atoms with Crippen LogP contribution in [0.5, 0.6) is 0 Å². The van der Waals surface area contributed by atoms with E-state index >= 15 is 0 Å². The highest BCUT2D eigenvalue weighted by molar-refractivity contribution is 4.92. The van der Waals surface area contributed by atoms with Crippen LogP contribution in [0.25, 0.3) is 0 Å². The quantitative estimate of drug-likeness (QED) is 0.700. The van der Waals surface area contributed by atoms with E-state index in [9.17, 15) is 5.11 Å². The topological polar surface area (TPSA) is 32.3 Å². The Balaban J connectivity index is 2.40. The second kappa shape index (κ2) is 4.43. The molecule has 1 rings (SSSR count). The Labute approximate surface area is 81.7 Å². The minimum absolute atomic E-state index is 0.134. The molecule has 2 unspecified atom stereocenters. The van der Waals surface area contributed by atoms with Gasteiger partial charge in [0.1, 0.15) is 0 Å². The lowest BCUT2D eigenvalue weighted by molar-refractivity contribution is 0.117. The lowest BCUT2D eigenvalue weighted by Gasteiger charge is -2.30. The van der Waals surface area contributed by atoms with Crippen molar-refractivity contribution in [3.05, 3.63) is 0 Å². The van der Waals surface area contributed by atoms with Gasteiger partial charge in [0.25, 0.3) is 0 Å². The highest BCUT2D eigenvalue weighted by Crippen LogP contribution is 2.37. The molecule has 2 nitrogen and oxygen atoms in total. The van der Waals surface area contributed by atoms with E-state index in [1.165, 1.54) is 19.3 Å². The van der Waals surface area contributed by atoms with Crippen LogP contribution in [0.4, 0.5) is 0 Å². The Morgan fingerprint density at radius 3 is 2.77 bits per heavy atom. The summed E-state index contributed by atoms with van der Waals surface area (Å²) in [4.78, 5) is 0. The second-order valence-corrected chi connectivity index (χ2v) is 5.06. The van der Waals surface area contributed by atoms with Crippen molar-refractivity contribution in [3.8, 4) is 0 Å². The normalized spacial score (nSPS) is 34.4. The molecule has 2 atom stereocenters. The lowest BCUT2D eigenvalue weighted by Crippen LogP contribution is -2.43. The maximum absolute atomic E-state index is 9.32. The molecule has 0 bridgehead atoms. The zero-order valence-corrected chi connectivity index (χ0v) is 9.14. The van der Waals surface area contributed by atoms with E-state index in [0.29, 0.717) is 18.6 Å². The van der Waals surface area contributed by atoms with Gasteiger partial charge in [-0.05, 0) is 25.3 Å². The van der Waals surface area contributed by atoms with Gasteiger partial charge in [-0.1, -0.05) is 27.2 Å². The molecular weight excluding hydrogens is 162 g/mol. The summed E-state index contributed by atoms with van der Waals surface area (Å²) in [5, 5.41) is 12.9. The Morgan fingerprint density at radius 1 is 1.54 bits per heavy atom. The minimum atomic E-state index is 0.134. The number of hydrogen-bond donors (Lipinski definition) is 2. The largest absolute Gasteiger partial charge is 0.396 e. The van der Waals surface area contributed by atoms with Gasteiger partial charge in [-0.25, -0.2) is 0 Å². The first-order chi connectivity index (χ1) is 6.08. The number of aliphatic hydroxyl groups is 1. The smallest absolute Gasteiger partial charge is 0.0499 e. The Hall–Kier alpha value is -0.0800. The summed E-state index contributed by atoms with van der Waals surface area (Å²) in [6, 6.07) is 0.528. The molecule has 0 amide bonds. The fourth-order valence-electron chi connectivity index (χ4n) is 2.15. The van der Waals surface area contributed by atoms with Crippen LogP contribution in [-0.4, -0.2) is 24.3 Å². The van der Waals surface area contributed by atoms with Gasteiger partial charge in [-0.2, -0.15) is 0 Å². The molecule has 1 aliphatic carbocycles. The predicted octanol–water partition coefficient (Wildman–Crippen LogP) is 1.78. The van der Waals surface area contributed by atoms with Gasteiger partial charge < -0.3 is 10.4 Å². The van der Waals surface area contributed by atoms with Crippen molar-refractivity contribution in [1.29, 1.82) is 0 Å². The van der Waals surface area contributed by atoms with Crippen LogP contribution in [0, 0.1) is 11.3 Å². The van der Waals surface area contributed by atoms with Crippen LogP contribution in [0.1, 0.15) is 40.0 Å². The molecule has 0 aromatic rings. The minimum Gasteiger partial charge on any atom is -0.396 e. The third kappa shape index (κ3) is 2.68. The highest BCUT2D eigenvalue weighted by Gasteiger charge is 2.37. The molecule has 0 spiro atoms. The maximum Gasteiger partial charge on any atom is 0.0499 e. The summed E-state index contributed by atoms with van der Waals surface area (Å²) in [6.45, 7) is 8.03. The first-order valence-corrected chi connectivity index (χ1v) is 5.43. The van der Waals surface area contributed by atoms with Gasteiger partial charge in [-0.3, -0.25) is 0 Å². The molecule has 78 valence electrons. The first kappa shape index (κ1) is 11.0. The molecule has 2 heteroatoms. The Morgan fingerprint density at radius 2 is 2.23 bits per heavy atom. The Bertz CT molecular complexity index is 158. The Kier molecular flexibility index (Phi) is 3.74. The molecule has 13 heavy (non-hydrogen) atoms. The van der Waals surface area contributed by atoms with Crippen molar-refractivity contribution in [2.24, 2.45) is 11.3 Å². The highest BCUT2D eigenvalue weighted by atomic mass is 16.3. The first-order valence-electron chi connectivity index (χ1n) is 5.43. The molecule has 1 aliphatic rings. The molecular formula is C11H23NO. The van der Waals surface area contributed by atoms with Crippen LogP contribution < -0.4 is 5.32 Å². The fraction of sp³-hybridized carbons (Fsp3) is 1.00. The van der Waals surface area contributed by atoms with Crippen LogP contribution in [-0.2, 0) is 0 Å². The summed E-state index contributed by atoms with van der Waals surface area (Å²) in [6.07, 6.45) is 3.65. The van der Waals surface area contributed by atoms with E-state index in [1.807, 2.05) is 0 Å². The zero-order valence-electron chi connectivity index (χ0n) is 9.14. The monoisotopic (exact) mass is 185 g/mol. The molecule has 1 saturated carbocycles. The zero-order chi connectivity index (χ0) is 9.90. The van der Waals surface area contributed by atoms with Crippen molar-refractivity contribution in [1.82, 2.24) is 5.32 Å². The van der Waals surface area contributed by atoms with Crippen LogP contribution >= 0.6 is 0 Å². The van der Waals surface area contributed by atoms with Crippen molar-refractivity contribution in [2.75, 3.05) is 13.2 Å². The van der Waals surface area contributed by atoms with E-state index in [2.05, 4.69) is 26.1 Å². The third-order valence-corrected chi connectivity index (χ3v) is 3.22. The number of hydrogen-bond acceptors (Lipinski definition) is 2. The van der Waals surface area contributed by atoms with Crippen molar-refractivity contribution in [2.45, 2.75) is 46.1 Å². The molecule has 2 N–H and O–H groups in total. The van der Waals surface area contributed by atoms with E-state index < -0.39 is 0 Å². The molecule has 0 aromatic carbocycles. The van der Waals surface area contributed by atoms with Gasteiger partial charge in [0.15, 0.2) is 0 Å². The molecule has 1 fully saturated rings. The van der Waals surface area contributed by atoms with E-state index in [-0.39, 0.29) is 5.41 Å². The predicted molar refractivity (Wildman–Crippen MR) is 55.7 cm³/mol. The summed E-state index contributed by atoms with van der Waals surface area (Å²) < 4.78 is 0. The van der Waals surface area contributed by atoms with Crippen LogP contribution in [0.15, 0.2) is 0 Å². The average molecular weight is 185 g/mol. The van der Waals surface area contributed by atoms with Gasteiger partial charge in [-0.15, -0.1) is 0 Å². The van der Waals surface area contributed by atoms with Gasteiger partial charge >= 0.3 is 0 Å². The summed E-state index contributed by atoms with van der Waals surface area (Å²) in [5.74, 6) is 0.698. The number of nitrogens with one attached hydrogen (secondary N) is 1. The molecule has 0 radical (unpaired) electrons. The summed E-state index contributed by atoms with van der Waals surface area (Å²) in [5.41, 5.74) is 0.134. The molecule has 0 aliphatic heterocycles. The van der Waals surface area contributed by atoms with E-state index in [0.717, 1.165) is 6.54 Å². The lowest BCUT2D eigenvalue weighted by atomic mass is 9.85. The van der Waals surface area contributed by atoms with Gasteiger partial charge in [0.05, 0.1) is 0 Å². The SMILES string of the molecule is CC(C)CNC1CCCC1(C)CO. The number of aliphatic hydroxyl groups excluding tert-OH is 1. The average Bonchev–Trinajstić information content (AvgIpc) is 2.44. The van der Waals surface area contributed by atoms with E-state index in [4.69, 9.17) is 0 Å². The standard InChI is InChI=1S/C11H23NO/c1-9(2)7-12-10-5-4-6-11(10,3)8-13/h9-10,12-13H,4-8H2,1-3H3. The molecule has 0 heterocycles. The van der Waals surface area contributed by atoms with Crippen molar-refractivity contribution < 1.29 is 5.11 Å². The number of rotatable bonds is 4. The van der Waals surface area contributed by atoms with Crippen molar-refractivity contribution >= 4 is 0 Å². The fourth-order valence-corrected chi connectivity index (χ4v) is 2.15. The summed E-state index contributed by atoms with van der Waals surface area (Å²) in [7, 11) is 0. The third-order valence-electron chi connectivity index (χ3n) is 3.22. The van der Waals surface area contributed by atoms with Gasteiger partial charge in [0, 0.05) is 18.1 Å². The van der Waals surface area contributed by atoms with Crippen molar-refractivity contribution in [3.63, 3.8) is 0 Å². The maximum atomic E-state index is 9.32. The molecule has 0 saturated heterocycles. The van der Waals surface area contributed by atoms with E-state index in [1.54, 1.807) is 0 Å².